The molecule has 1 aliphatic carbocycles. The molecule has 2 fully saturated rings. The van der Waals surface area contributed by atoms with Gasteiger partial charge in [0.05, 0.1) is 11.7 Å². The van der Waals surface area contributed by atoms with Crippen molar-refractivity contribution in [2.24, 2.45) is 5.92 Å². The van der Waals surface area contributed by atoms with Gasteiger partial charge in [-0.1, -0.05) is 6.92 Å². The highest BCUT2D eigenvalue weighted by Gasteiger charge is 2.41. The van der Waals surface area contributed by atoms with E-state index in [1.54, 1.807) is 11.8 Å². The molecule has 2 heterocycles. The Morgan fingerprint density at radius 2 is 2.44 bits per heavy atom. The minimum absolute atomic E-state index is 0.304. The lowest BCUT2D eigenvalue weighted by Gasteiger charge is -2.22. The number of nitrogens with zero attached hydrogens (tertiary/aromatic N) is 2. The van der Waals surface area contributed by atoms with Crippen molar-refractivity contribution in [3.8, 4) is 5.88 Å². The lowest BCUT2D eigenvalue weighted by atomic mass is 10.1. The molecule has 0 amide bonds. The van der Waals surface area contributed by atoms with Crippen molar-refractivity contribution in [1.29, 1.82) is 0 Å². The molecule has 1 N–H and O–H groups in total. The van der Waals surface area contributed by atoms with Gasteiger partial charge in [0, 0.05) is 6.04 Å². The minimum atomic E-state index is 0.304. The number of hydrogen-bond donors (Lipinski definition) is 1. The standard InChI is InChI=1S/C10H15N3OS2/c1-2-15-10-9(12-16-13-10)14-8-4-6-3-7(8)11-5-6/h6-8,11H,2-5H2,1H3/t6-,7+,8+/m0/s1. The summed E-state index contributed by atoms with van der Waals surface area (Å²) in [6.45, 7) is 3.28. The highest BCUT2D eigenvalue weighted by molar-refractivity contribution is 7.99. The molecule has 1 aromatic rings. The lowest BCUT2D eigenvalue weighted by molar-refractivity contribution is 0.149. The van der Waals surface area contributed by atoms with E-state index in [9.17, 15) is 0 Å². The molecule has 0 spiro atoms. The summed E-state index contributed by atoms with van der Waals surface area (Å²) >= 11 is 2.95. The zero-order chi connectivity index (χ0) is 11.0. The van der Waals surface area contributed by atoms with Crippen LogP contribution in [0.1, 0.15) is 19.8 Å². The number of rotatable bonds is 4. The van der Waals surface area contributed by atoms with E-state index in [0.717, 1.165) is 29.1 Å². The maximum Gasteiger partial charge on any atom is 0.260 e. The molecule has 88 valence electrons. The molecule has 1 saturated carbocycles. The summed E-state index contributed by atoms with van der Waals surface area (Å²) in [5.74, 6) is 2.57. The highest BCUT2D eigenvalue weighted by Crippen LogP contribution is 2.36. The molecule has 1 aromatic heterocycles. The Labute approximate surface area is 103 Å². The number of nitrogens with one attached hydrogen (secondary N) is 1. The fourth-order valence-electron chi connectivity index (χ4n) is 2.54. The van der Waals surface area contributed by atoms with Crippen LogP contribution < -0.4 is 10.1 Å². The summed E-state index contributed by atoms with van der Waals surface area (Å²) in [7, 11) is 0. The Morgan fingerprint density at radius 1 is 1.50 bits per heavy atom. The topological polar surface area (TPSA) is 47.0 Å². The van der Waals surface area contributed by atoms with Crippen LogP contribution in [0, 0.1) is 5.92 Å². The van der Waals surface area contributed by atoms with Gasteiger partial charge in [-0.05, 0) is 31.1 Å². The number of piperidine rings is 1. The molecule has 0 unspecified atom stereocenters. The molecule has 6 heteroatoms. The third-order valence-electron chi connectivity index (χ3n) is 3.24. The van der Waals surface area contributed by atoms with Crippen molar-refractivity contribution < 1.29 is 4.74 Å². The second-order valence-electron chi connectivity index (χ2n) is 4.32. The van der Waals surface area contributed by atoms with Gasteiger partial charge in [0.15, 0.2) is 5.03 Å². The largest absolute Gasteiger partial charge is 0.470 e. The van der Waals surface area contributed by atoms with Crippen molar-refractivity contribution in [3.05, 3.63) is 0 Å². The SMILES string of the molecule is CCSc1nsnc1O[C@@H]1C[C@H]2CN[C@@H]1C2. The smallest absolute Gasteiger partial charge is 0.260 e. The maximum absolute atomic E-state index is 5.99. The van der Waals surface area contributed by atoms with Gasteiger partial charge < -0.3 is 10.1 Å². The van der Waals surface area contributed by atoms with E-state index in [4.69, 9.17) is 4.74 Å². The molecular formula is C10H15N3OS2. The molecule has 1 aliphatic heterocycles. The number of fused-ring (bicyclic) bond motifs is 2. The van der Waals surface area contributed by atoms with Crippen molar-refractivity contribution in [1.82, 2.24) is 14.1 Å². The predicted molar refractivity (Wildman–Crippen MR) is 65.2 cm³/mol. The summed E-state index contributed by atoms with van der Waals surface area (Å²) in [5, 5.41) is 4.45. The average molecular weight is 257 g/mol. The molecule has 3 rings (SSSR count). The molecule has 4 nitrogen and oxygen atoms in total. The first kappa shape index (κ1) is 10.8. The van der Waals surface area contributed by atoms with Gasteiger partial charge in [0.2, 0.25) is 0 Å². The predicted octanol–water partition coefficient (Wildman–Crippen LogP) is 1.78. The van der Waals surface area contributed by atoms with E-state index in [-0.39, 0.29) is 0 Å². The fraction of sp³-hybridized carbons (Fsp3) is 0.800. The van der Waals surface area contributed by atoms with Crippen LogP contribution >= 0.6 is 23.5 Å². The number of ether oxygens (including phenoxy) is 1. The van der Waals surface area contributed by atoms with Crippen LogP contribution in [0.4, 0.5) is 0 Å². The summed E-state index contributed by atoms with van der Waals surface area (Å²) in [6.07, 6.45) is 2.74. The third-order valence-corrected chi connectivity index (χ3v) is 4.70. The quantitative estimate of drug-likeness (QED) is 0.833. The monoisotopic (exact) mass is 257 g/mol. The van der Waals surface area contributed by atoms with Crippen molar-refractivity contribution in [2.45, 2.75) is 36.9 Å². The molecule has 2 aliphatic rings. The van der Waals surface area contributed by atoms with Gasteiger partial charge in [0.25, 0.3) is 5.88 Å². The van der Waals surface area contributed by atoms with E-state index in [2.05, 4.69) is 21.0 Å². The van der Waals surface area contributed by atoms with Gasteiger partial charge in [-0.2, -0.15) is 4.37 Å². The summed E-state index contributed by atoms with van der Waals surface area (Å²) in [5.41, 5.74) is 0. The summed E-state index contributed by atoms with van der Waals surface area (Å²) in [4.78, 5) is 0. The van der Waals surface area contributed by atoms with Gasteiger partial charge in [-0.15, -0.1) is 16.1 Å². The third kappa shape index (κ3) is 1.94. The first-order valence-corrected chi connectivity index (χ1v) is 7.43. The van der Waals surface area contributed by atoms with E-state index in [1.165, 1.54) is 24.6 Å². The number of hydrogen-bond acceptors (Lipinski definition) is 6. The summed E-state index contributed by atoms with van der Waals surface area (Å²) in [6, 6.07) is 0.533. The maximum atomic E-state index is 5.99. The molecule has 2 bridgehead atoms. The molecule has 16 heavy (non-hydrogen) atoms. The first-order valence-electron chi connectivity index (χ1n) is 5.72. The lowest BCUT2D eigenvalue weighted by Crippen LogP contribution is -2.40. The van der Waals surface area contributed by atoms with Crippen LogP contribution in [0.2, 0.25) is 0 Å². The number of aromatic nitrogens is 2. The van der Waals surface area contributed by atoms with Crippen molar-refractivity contribution in [3.63, 3.8) is 0 Å². The molecule has 0 radical (unpaired) electrons. The highest BCUT2D eigenvalue weighted by atomic mass is 32.2. The second kappa shape index (κ2) is 4.50. The Bertz CT molecular complexity index is 371. The number of thioether (sulfide) groups is 1. The molecular weight excluding hydrogens is 242 g/mol. The zero-order valence-electron chi connectivity index (χ0n) is 9.18. The van der Waals surface area contributed by atoms with E-state index in [1.807, 2.05) is 0 Å². The van der Waals surface area contributed by atoms with Gasteiger partial charge in [-0.3, -0.25) is 0 Å². The van der Waals surface area contributed by atoms with Crippen LogP contribution in [-0.2, 0) is 0 Å². The zero-order valence-corrected chi connectivity index (χ0v) is 10.8. The fourth-order valence-corrected chi connectivity index (χ4v) is 3.80. The van der Waals surface area contributed by atoms with Crippen LogP contribution in [-0.4, -0.2) is 33.2 Å². The van der Waals surface area contributed by atoms with Crippen LogP contribution in [0.15, 0.2) is 5.03 Å². The first-order chi connectivity index (χ1) is 7.86. The van der Waals surface area contributed by atoms with Gasteiger partial charge in [-0.25, -0.2) is 0 Å². The Balaban J connectivity index is 1.67. The minimum Gasteiger partial charge on any atom is -0.470 e. The molecule has 3 atom stereocenters. The van der Waals surface area contributed by atoms with Crippen molar-refractivity contribution in [2.75, 3.05) is 12.3 Å². The molecule has 1 saturated heterocycles. The van der Waals surface area contributed by atoms with Crippen LogP contribution in [0.3, 0.4) is 0 Å². The van der Waals surface area contributed by atoms with E-state index in [0.29, 0.717) is 12.1 Å². The Kier molecular flexibility index (Phi) is 3.04. The van der Waals surface area contributed by atoms with Crippen molar-refractivity contribution >= 4 is 23.5 Å². The summed E-state index contributed by atoms with van der Waals surface area (Å²) < 4.78 is 14.5. The second-order valence-corrected chi connectivity index (χ2v) is 6.10. The molecule has 0 aromatic carbocycles. The Morgan fingerprint density at radius 3 is 3.12 bits per heavy atom. The normalized spacial score (nSPS) is 32.2. The van der Waals surface area contributed by atoms with E-state index < -0.39 is 0 Å². The van der Waals surface area contributed by atoms with E-state index >= 15 is 0 Å². The van der Waals surface area contributed by atoms with Crippen LogP contribution in [0.25, 0.3) is 0 Å². The van der Waals surface area contributed by atoms with Gasteiger partial charge >= 0.3 is 0 Å². The Hall–Kier alpha value is -0.330. The van der Waals surface area contributed by atoms with Crippen LogP contribution in [0.5, 0.6) is 5.88 Å². The average Bonchev–Trinajstić information content (AvgIpc) is 2.96. The van der Waals surface area contributed by atoms with Gasteiger partial charge in [0.1, 0.15) is 6.10 Å².